The molecule has 0 aromatic heterocycles. The minimum atomic E-state index is -0.667. The molecule has 0 aliphatic carbocycles. The third-order valence-corrected chi connectivity index (χ3v) is 2.42. The largest absolute Gasteiger partial charge is 0.376 e. The fraction of sp³-hybridized carbons (Fsp3) is 0.364. The average molecular weight is 222 g/mol. The van der Waals surface area contributed by atoms with E-state index in [2.05, 4.69) is 5.43 Å². The number of nitrogens with two attached hydrogens (primary N) is 1. The Labute approximate surface area is 93.5 Å². The number of amides is 1. The van der Waals surface area contributed by atoms with Crippen molar-refractivity contribution in [2.75, 3.05) is 13.2 Å². The summed E-state index contributed by atoms with van der Waals surface area (Å²) in [5, 5.41) is 0. The van der Waals surface area contributed by atoms with Crippen LogP contribution in [0.3, 0.4) is 0 Å². The Balaban J connectivity index is 2.10. The monoisotopic (exact) mass is 222 g/mol. The van der Waals surface area contributed by atoms with E-state index < -0.39 is 6.10 Å². The van der Waals surface area contributed by atoms with Gasteiger partial charge in [0.1, 0.15) is 6.10 Å². The first kappa shape index (κ1) is 11.1. The molecule has 1 fully saturated rings. The molecule has 5 heteroatoms. The highest BCUT2D eigenvalue weighted by Gasteiger charge is 2.28. The van der Waals surface area contributed by atoms with E-state index in [9.17, 15) is 4.79 Å². The zero-order chi connectivity index (χ0) is 11.4. The molecule has 2 rings (SSSR count). The van der Waals surface area contributed by atoms with Gasteiger partial charge in [-0.15, -0.1) is 0 Å². The SMILES string of the molecule is NNC(=O)C(OC1COC1)c1ccccc1. The molecular weight excluding hydrogens is 208 g/mol. The minimum Gasteiger partial charge on any atom is -0.376 e. The van der Waals surface area contributed by atoms with E-state index in [1.807, 2.05) is 30.3 Å². The number of rotatable bonds is 4. The summed E-state index contributed by atoms with van der Waals surface area (Å²) < 4.78 is 10.6. The summed E-state index contributed by atoms with van der Waals surface area (Å²) in [5.41, 5.74) is 2.90. The van der Waals surface area contributed by atoms with Crippen molar-refractivity contribution in [3.8, 4) is 0 Å². The Bertz CT molecular complexity index is 352. The van der Waals surface area contributed by atoms with Crippen LogP contribution in [0.4, 0.5) is 0 Å². The number of hydrazine groups is 1. The number of hydrogen-bond acceptors (Lipinski definition) is 4. The predicted octanol–water partition coefficient (Wildman–Crippen LogP) is 0.133. The van der Waals surface area contributed by atoms with Crippen LogP contribution in [0.5, 0.6) is 0 Å². The summed E-state index contributed by atoms with van der Waals surface area (Å²) in [6.07, 6.45) is -0.692. The van der Waals surface area contributed by atoms with Crippen molar-refractivity contribution in [3.63, 3.8) is 0 Å². The lowest BCUT2D eigenvalue weighted by molar-refractivity contribution is -0.169. The van der Waals surface area contributed by atoms with Crippen molar-refractivity contribution < 1.29 is 14.3 Å². The molecule has 1 aromatic carbocycles. The molecule has 1 unspecified atom stereocenters. The van der Waals surface area contributed by atoms with Gasteiger partial charge in [0.25, 0.3) is 5.91 Å². The summed E-state index contributed by atoms with van der Waals surface area (Å²) in [6, 6.07) is 9.26. The number of hydrogen-bond donors (Lipinski definition) is 2. The Morgan fingerprint density at radius 3 is 2.62 bits per heavy atom. The molecule has 0 saturated carbocycles. The number of benzene rings is 1. The van der Waals surface area contributed by atoms with Gasteiger partial charge in [0.05, 0.1) is 13.2 Å². The van der Waals surface area contributed by atoms with Crippen molar-refractivity contribution in [1.29, 1.82) is 0 Å². The van der Waals surface area contributed by atoms with Gasteiger partial charge in [-0.05, 0) is 5.56 Å². The molecule has 86 valence electrons. The predicted molar refractivity (Wildman–Crippen MR) is 57.2 cm³/mol. The summed E-state index contributed by atoms with van der Waals surface area (Å²) in [4.78, 5) is 11.6. The second kappa shape index (κ2) is 5.07. The van der Waals surface area contributed by atoms with Crippen LogP contribution < -0.4 is 11.3 Å². The van der Waals surface area contributed by atoms with Crippen LogP contribution >= 0.6 is 0 Å². The molecule has 1 atom stereocenters. The van der Waals surface area contributed by atoms with E-state index in [1.54, 1.807) is 0 Å². The Kier molecular flexibility index (Phi) is 3.51. The summed E-state index contributed by atoms with van der Waals surface area (Å²) in [7, 11) is 0. The standard InChI is InChI=1S/C11H14N2O3/c12-13-11(14)10(16-9-6-15-7-9)8-4-2-1-3-5-8/h1-5,9-10H,6-7,12H2,(H,13,14). The molecule has 0 bridgehead atoms. The molecule has 1 aliphatic heterocycles. The third kappa shape index (κ3) is 2.38. The van der Waals surface area contributed by atoms with Gasteiger partial charge >= 0.3 is 0 Å². The van der Waals surface area contributed by atoms with Gasteiger partial charge in [0.15, 0.2) is 6.10 Å². The Morgan fingerprint density at radius 1 is 1.44 bits per heavy atom. The molecule has 1 aromatic rings. The van der Waals surface area contributed by atoms with Crippen LogP contribution in [0.25, 0.3) is 0 Å². The van der Waals surface area contributed by atoms with E-state index in [-0.39, 0.29) is 12.0 Å². The maximum Gasteiger partial charge on any atom is 0.267 e. The van der Waals surface area contributed by atoms with Crippen LogP contribution in [0.15, 0.2) is 30.3 Å². The smallest absolute Gasteiger partial charge is 0.267 e. The normalized spacial score (nSPS) is 17.6. The molecule has 3 N–H and O–H groups in total. The first-order valence-corrected chi connectivity index (χ1v) is 5.10. The maximum atomic E-state index is 11.6. The highest BCUT2D eigenvalue weighted by atomic mass is 16.6. The molecule has 1 saturated heterocycles. The zero-order valence-electron chi connectivity index (χ0n) is 8.76. The fourth-order valence-corrected chi connectivity index (χ4v) is 1.48. The fourth-order valence-electron chi connectivity index (χ4n) is 1.48. The second-order valence-corrected chi connectivity index (χ2v) is 3.59. The van der Waals surface area contributed by atoms with Gasteiger partial charge < -0.3 is 9.47 Å². The van der Waals surface area contributed by atoms with E-state index >= 15 is 0 Å². The Hall–Kier alpha value is -1.43. The highest BCUT2D eigenvalue weighted by molar-refractivity contribution is 5.81. The van der Waals surface area contributed by atoms with Crippen molar-refractivity contribution in [3.05, 3.63) is 35.9 Å². The zero-order valence-corrected chi connectivity index (χ0v) is 8.76. The van der Waals surface area contributed by atoms with Crippen molar-refractivity contribution >= 4 is 5.91 Å². The topological polar surface area (TPSA) is 73.6 Å². The van der Waals surface area contributed by atoms with Crippen LogP contribution in [0.2, 0.25) is 0 Å². The van der Waals surface area contributed by atoms with Crippen molar-refractivity contribution in [1.82, 2.24) is 5.43 Å². The molecule has 16 heavy (non-hydrogen) atoms. The molecule has 0 spiro atoms. The third-order valence-electron chi connectivity index (χ3n) is 2.42. The van der Waals surface area contributed by atoms with Crippen LogP contribution in [-0.4, -0.2) is 25.2 Å². The number of ether oxygens (including phenoxy) is 2. The van der Waals surface area contributed by atoms with E-state index in [4.69, 9.17) is 15.3 Å². The summed E-state index contributed by atoms with van der Waals surface area (Å²) in [6.45, 7) is 1.06. The summed E-state index contributed by atoms with van der Waals surface area (Å²) in [5.74, 6) is 4.79. The quantitative estimate of drug-likeness (QED) is 0.431. The molecule has 0 radical (unpaired) electrons. The minimum absolute atomic E-state index is 0.0255. The molecule has 5 nitrogen and oxygen atoms in total. The van der Waals surface area contributed by atoms with Crippen LogP contribution in [0.1, 0.15) is 11.7 Å². The van der Waals surface area contributed by atoms with Crippen LogP contribution in [-0.2, 0) is 14.3 Å². The molecule has 1 amide bonds. The first-order valence-electron chi connectivity index (χ1n) is 5.10. The summed E-state index contributed by atoms with van der Waals surface area (Å²) >= 11 is 0. The van der Waals surface area contributed by atoms with Crippen molar-refractivity contribution in [2.24, 2.45) is 5.84 Å². The number of nitrogens with one attached hydrogen (secondary N) is 1. The van der Waals surface area contributed by atoms with E-state index in [0.29, 0.717) is 13.2 Å². The highest BCUT2D eigenvalue weighted by Crippen LogP contribution is 2.21. The van der Waals surface area contributed by atoms with Gasteiger partial charge in [-0.1, -0.05) is 30.3 Å². The van der Waals surface area contributed by atoms with Gasteiger partial charge in [-0.3, -0.25) is 10.2 Å². The lowest BCUT2D eigenvalue weighted by atomic mass is 10.1. The maximum absolute atomic E-state index is 11.6. The number of carbonyl (C=O) groups excluding carboxylic acids is 1. The number of carbonyl (C=O) groups is 1. The molecule has 1 aliphatic rings. The first-order chi connectivity index (χ1) is 7.81. The molecular formula is C11H14N2O3. The lowest BCUT2D eigenvalue weighted by Crippen LogP contribution is -2.42. The van der Waals surface area contributed by atoms with E-state index in [0.717, 1.165) is 5.56 Å². The van der Waals surface area contributed by atoms with Gasteiger partial charge in [0, 0.05) is 0 Å². The van der Waals surface area contributed by atoms with Gasteiger partial charge in [-0.2, -0.15) is 0 Å². The van der Waals surface area contributed by atoms with Gasteiger partial charge in [-0.25, -0.2) is 5.84 Å². The van der Waals surface area contributed by atoms with Crippen LogP contribution in [0, 0.1) is 0 Å². The second-order valence-electron chi connectivity index (χ2n) is 3.59. The molecule has 1 heterocycles. The van der Waals surface area contributed by atoms with Crippen molar-refractivity contribution in [2.45, 2.75) is 12.2 Å². The van der Waals surface area contributed by atoms with E-state index in [1.165, 1.54) is 0 Å². The van der Waals surface area contributed by atoms with Gasteiger partial charge in [0.2, 0.25) is 0 Å². The Morgan fingerprint density at radius 2 is 2.12 bits per heavy atom. The average Bonchev–Trinajstić information content (AvgIpc) is 2.28. The lowest BCUT2D eigenvalue weighted by Gasteiger charge is -2.29.